The van der Waals surface area contributed by atoms with E-state index in [9.17, 15) is 14.4 Å². The van der Waals surface area contributed by atoms with Crippen LogP contribution in [0.25, 0.3) is 0 Å². The summed E-state index contributed by atoms with van der Waals surface area (Å²) in [4.78, 5) is 38.8. The number of thiocarbonyl (C=S) groups is 1. The average molecular weight is 371 g/mol. The summed E-state index contributed by atoms with van der Waals surface area (Å²) in [5.74, 6) is -0.634. The predicted octanol–water partition coefficient (Wildman–Crippen LogP) is 1.39. The van der Waals surface area contributed by atoms with Crippen molar-refractivity contribution in [3.05, 3.63) is 0 Å². The number of amides is 4. The fourth-order valence-electron chi connectivity index (χ4n) is 3.49. The van der Waals surface area contributed by atoms with Crippen molar-refractivity contribution in [3.63, 3.8) is 0 Å². The van der Waals surface area contributed by atoms with Gasteiger partial charge in [-0.15, -0.1) is 0 Å². The number of hydrogen-bond donors (Lipinski definition) is 2. The highest BCUT2D eigenvalue weighted by molar-refractivity contribution is 8.23. The zero-order valence-corrected chi connectivity index (χ0v) is 15.1. The molecule has 7 nitrogen and oxygen atoms in total. The maximum Gasteiger partial charge on any atom is 0.344 e. The number of hydrogen-bond acceptors (Lipinski definition) is 5. The number of hydrazine groups is 1. The molecule has 0 radical (unpaired) electrons. The Morgan fingerprint density at radius 3 is 2.50 bits per heavy atom. The Balaban J connectivity index is 1.51. The Morgan fingerprint density at radius 1 is 1.17 bits per heavy atom. The van der Waals surface area contributed by atoms with E-state index in [0.717, 1.165) is 50.2 Å². The summed E-state index contributed by atoms with van der Waals surface area (Å²) in [6.45, 7) is 1.87. The van der Waals surface area contributed by atoms with Crippen LogP contribution in [0.2, 0.25) is 0 Å². The van der Waals surface area contributed by atoms with Gasteiger partial charge >= 0.3 is 6.03 Å². The Hall–Kier alpha value is -1.35. The molecule has 9 heteroatoms. The van der Waals surface area contributed by atoms with Gasteiger partial charge in [0.15, 0.2) is 0 Å². The van der Waals surface area contributed by atoms with Crippen LogP contribution in [0.5, 0.6) is 0 Å². The van der Waals surface area contributed by atoms with E-state index in [0.29, 0.717) is 17.2 Å². The molecule has 4 amide bonds. The van der Waals surface area contributed by atoms with Crippen LogP contribution in [-0.2, 0) is 9.59 Å². The fourth-order valence-corrected chi connectivity index (χ4v) is 4.53. The predicted molar refractivity (Wildman–Crippen MR) is 95.2 cm³/mol. The quantitative estimate of drug-likeness (QED) is 0.577. The Labute approximate surface area is 150 Å². The molecule has 132 valence electrons. The molecule has 0 aromatic heterocycles. The van der Waals surface area contributed by atoms with Gasteiger partial charge in [0.25, 0.3) is 5.91 Å². The van der Waals surface area contributed by atoms with E-state index in [4.69, 9.17) is 12.2 Å². The van der Waals surface area contributed by atoms with Gasteiger partial charge in [-0.25, -0.2) is 4.79 Å². The van der Waals surface area contributed by atoms with Gasteiger partial charge in [0.2, 0.25) is 5.91 Å². The van der Waals surface area contributed by atoms with E-state index >= 15 is 0 Å². The number of carbonyl (C=O) groups excluding carboxylic acids is 3. The van der Waals surface area contributed by atoms with Gasteiger partial charge in [0.1, 0.15) is 9.86 Å². The second kappa shape index (κ2) is 7.26. The van der Waals surface area contributed by atoms with Crippen LogP contribution in [-0.4, -0.2) is 56.5 Å². The zero-order valence-electron chi connectivity index (χ0n) is 13.5. The first-order valence-electron chi connectivity index (χ1n) is 8.40. The molecule has 0 atom stereocenters. The van der Waals surface area contributed by atoms with Crippen molar-refractivity contribution in [2.24, 2.45) is 0 Å². The molecular formula is C15H22N4O3S2. The monoisotopic (exact) mass is 370 g/mol. The number of nitrogens with one attached hydrogen (secondary N) is 2. The standard InChI is InChI=1S/C15H22N4O3S2/c20-11(10-24-14(23)18-8-4-5-9-18)17-19-12(21)15(16-13(19)22)6-2-1-3-7-15/h1-10H2,(H,16,22)(H,17,20). The first kappa shape index (κ1) is 17.5. The van der Waals surface area contributed by atoms with Gasteiger partial charge in [-0.05, 0) is 25.7 Å². The number of thioether (sulfide) groups is 1. The molecule has 1 aliphatic carbocycles. The number of imide groups is 1. The average Bonchev–Trinajstić information content (AvgIpc) is 3.18. The molecule has 0 aromatic carbocycles. The Morgan fingerprint density at radius 2 is 1.83 bits per heavy atom. The number of urea groups is 1. The maximum atomic E-state index is 12.6. The minimum Gasteiger partial charge on any atom is -0.358 e. The number of likely N-dealkylation sites (tertiary alicyclic amines) is 1. The third-order valence-electron chi connectivity index (χ3n) is 4.80. The van der Waals surface area contributed by atoms with Crippen LogP contribution in [0.1, 0.15) is 44.9 Å². The summed E-state index contributed by atoms with van der Waals surface area (Å²) in [7, 11) is 0. The third-order valence-corrected chi connectivity index (χ3v) is 6.32. The van der Waals surface area contributed by atoms with E-state index in [1.165, 1.54) is 11.8 Å². The van der Waals surface area contributed by atoms with Gasteiger partial charge < -0.3 is 10.2 Å². The van der Waals surface area contributed by atoms with Crippen LogP contribution >= 0.6 is 24.0 Å². The van der Waals surface area contributed by atoms with Gasteiger partial charge in [-0.3, -0.25) is 15.0 Å². The first-order chi connectivity index (χ1) is 11.5. The normalized spacial score (nSPS) is 22.8. The SMILES string of the molecule is O=C(CSC(=S)N1CCCC1)NN1C(=O)NC2(CCCCC2)C1=O. The second-order valence-corrected chi connectivity index (χ2v) is 8.11. The summed E-state index contributed by atoms with van der Waals surface area (Å²) in [6, 6.07) is -0.539. The fraction of sp³-hybridized carbons (Fsp3) is 0.733. The van der Waals surface area contributed by atoms with E-state index in [-0.39, 0.29) is 11.7 Å². The van der Waals surface area contributed by atoms with Gasteiger partial charge in [-0.1, -0.05) is 43.2 Å². The second-order valence-electron chi connectivity index (χ2n) is 6.50. The lowest BCUT2D eigenvalue weighted by Crippen LogP contribution is -2.51. The molecule has 0 unspecified atom stereocenters. The van der Waals surface area contributed by atoms with Crippen LogP contribution in [0.15, 0.2) is 0 Å². The summed E-state index contributed by atoms with van der Waals surface area (Å²) in [5.41, 5.74) is 1.61. The lowest BCUT2D eigenvalue weighted by molar-refractivity contribution is -0.139. The maximum absolute atomic E-state index is 12.6. The van der Waals surface area contributed by atoms with Gasteiger partial charge in [-0.2, -0.15) is 5.01 Å². The highest BCUT2D eigenvalue weighted by Gasteiger charge is 2.52. The first-order valence-corrected chi connectivity index (χ1v) is 9.79. The summed E-state index contributed by atoms with van der Waals surface area (Å²) < 4.78 is 0.698. The van der Waals surface area contributed by atoms with Crippen molar-refractivity contribution in [2.45, 2.75) is 50.5 Å². The van der Waals surface area contributed by atoms with E-state index in [1.54, 1.807) is 0 Å². The van der Waals surface area contributed by atoms with Gasteiger partial charge in [0, 0.05) is 13.1 Å². The van der Waals surface area contributed by atoms with Crippen molar-refractivity contribution in [1.29, 1.82) is 0 Å². The molecule has 2 saturated heterocycles. The molecular weight excluding hydrogens is 348 g/mol. The highest BCUT2D eigenvalue weighted by atomic mass is 32.2. The van der Waals surface area contributed by atoms with Crippen LogP contribution in [0.4, 0.5) is 4.79 Å². The number of nitrogens with zero attached hydrogens (tertiary/aromatic N) is 2. The molecule has 3 aliphatic rings. The van der Waals surface area contributed by atoms with Crippen molar-refractivity contribution >= 4 is 46.1 Å². The minimum atomic E-state index is -0.819. The molecule has 2 aliphatic heterocycles. The largest absolute Gasteiger partial charge is 0.358 e. The lowest BCUT2D eigenvalue weighted by Gasteiger charge is -2.30. The third kappa shape index (κ3) is 3.51. The smallest absolute Gasteiger partial charge is 0.344 e. The molecule has 2 heterocycles. The molecule has 3 rings (SSSR count). The van der Waals surface area contributed by atoms with Crippen LogP contribution in [0.3, 0.4) is 0 Å². The number of rotatable bonds is 3. The molecule has 0 bridgehead atoms. The van der Waals surface area contributed by atoms with Gasteiger partial charge in [0.05, 0.1) is 5.75 Å². The number of carbonyl (C=O) groups is 3. The molecule has 24 heavy (non-hydrogen) atoms. The Kier molecular flexibility index (Phi) is 5.29. The molecule has 3 fully saturated rings. The topological polar surface area (TPSA) is 81.8 Å². The summed E-state index contributed by atoms with van der Waals surface area (Å²) >= 11 is 6.58. The summed E-state index contributed by atoms with van der Waals surface area (Å²) in [6.07, 6.45) is 6.41. The van der Waals surface area contributed by atoms with Crippen LogP contribution in [0, 0.1) is 0 Å². The molecule has 1 saturated carbocycles. The van der Waals surface area contributed by atoms with E-state index < -0.39 is 17.5 Å². The lowest BCUT2D eigenvalue weighted by atomic mass is 9.82. The summed E-state index contributed by atoms with van der Waals surface area (Å²) in [5, 5.41) is 3.61. The highest BCUT2D eigenvalue weighted by Crippen LogP contribution is 2.33. The van der Waals surface area contributed by atoms with E-state index in [2.05, 4.69) is 15.6 Å². The van der Waals surface area contributed by atoms with Crippen LogP contribution < -0.4 is 10.7 Å². The molecule has 2 N–H and O–H groups in total. The van der Waals surface area contributed by atoms with Crippen molar-refractivity contribution in [3.8, 4) is 0 Å². The van der Waals surface area contributed by atoms with E-state index in [1.807, 2.05) is 0 Å². The van der Waals surface area contributed by atoms with Crippen molar-refractivity contribution < 1.29 is 14.4 Å². The molecule has 1 spiro atoms. The zero-order chi connectivity index (χ0) is 17.2. The molecule has 0 aromatic rings. The van der Waals surface area contributed by atoms with Crippen molar-refractivity contribution in [2.75, 3.05) is 18.8 Å². The Bertz CT molecular complexity index is 557. The minimum absolute atomic E-state index is 0.0966. The van der Waals surface area contributed by atoms with Crippen molar-refractivity contribution in [1.82, 2.24) is 20.7 Å².